The molecule has 0 spiro atoms. The zero-order valence-electron chi connectivity index (χ0n) is 10.1. The largest absolute Gasteiger partial charge is 0.478 e. The lowest BCUT2D eigenvalue weighted by Gasteiger charge is -2.04. The molecule has 100 valence electrons. The lowest BCUT2D eigenvalue weighted by Crippen LogP contribution is -2.27. The number of primary amides is 1. The van der Waals surface area contributed by atoms with Gasteiger partial charge < -0.3 is 16.2 Å². The quantitative estimate of drug-likeness (QED) is 0.644. The van der Waals surface area contributed by atoms with Crippen LogP contribution in [0.4, 0.5) is 0 Å². The molecule has 2 amide bonds. The minimum absolute atomic E-state index is 0.0885. The Morgan fingerprint density at radius 2 is 1.84 bits per heavy atom. The normalized spacial score (nSPS) is 10.3. The van der Waals surface area contributed by atoms with Gasteiger partial charge in [0.15, 0.2) is 0 Å². The van der Waals surface area contributed by atoms with Gasteiger partial charge in [-0.05, 0) is 23.8 Å². The van der Waals surface area contributed by atoms with Crippen LogP contribution in [0, 0.1) is 0 Å². The van der Waals surface area contributed by atoms with Gasteiger partial charge in [0.2, 0.25) is 5.91 Å². The average molecular weight is 262 g/mol. The van der Waals surface area contributed by atoms with Crippen molar-refractivity contribution in [2.45, 2.75) is 6.42 Å². The molecule has 1 aromatic carbocycles. The Kier molecular flexibility index (Phi) is 5.28. The zero-order chi connectivity index (χ0) is 14.3. The predicted molar refractivity (Wildman–Crippen MR) is 69.3 cm³/mol. The lowest BCUT2D eigenvalue weighted by molar-refractivity contribution is -0.131. The van der Waals surface area contributed by atoms with E-state index in [-0.39, 0.29) is 18.9 Å². The van der Waals surface area contributed by atoms with E-state index in [0.717, 1.165) is 6.08 Å². The Balaban J connectivity index is 2.58. The highest BCUT2D eigenvalue weighted by molar-refractivity contribution is 5.94. The van der Waals surface area contributed by atoms with Gasteiger partial charge in [0, 0.05) is 24.6 Å². The first-order valence-corrected chi connectivity index (χ1v) is 5.56. The molecule has 6 heteroatoms. The van der Waals surface area contributed by atoms with Crippen LogP contribution in [0.5, 0.6) is 0 Å². The highest BCUT2D eigenvalue weighted by atomic mass is 16.4. The van der Waals surface area contributed by atoms with Gasteiger partial charge in [-0.25, -0.2) is 4.79 Å². The summed E-state index contributed by atoms with van der Waals surface area (Å²) >= 11 is 0. The fourth-order valence-electron chi connectivity index (χ4n) is 1.31. The Bertz CT molecular complexity index is 506. The number of benzene rings is 1. The minimum atomic E-state index is -1.03. The molecule has 0 aromatic heterocycles. The summed E-state index contributed by atoms with van der Waals surface area (Å²) < 4.78 is 0. The van der Waals surface area contributed by atoms with E-state index in [1.165, 1.54) is 6.08 Å². The summed E-state index contributed by atoms with van der Waals surface area (Å²) in [6.45, 7) is 0.189. The number of nitrogens with one attached hydrogen (secondary N) is 1. The van der Waals surface area contributed by atoms with Crippen LogP contribution in [-0.4, -0.2) is 29.4 Å². The molecule has 0 radical (unpaired) electrons. The molecular weight excluding hydrogens is 248 g/mol. The summed E-state index contributed by atoms with van der Waals surface area (Å²) in [6.07, 6.45) is 2.53. The van der Waals surface area contributed by atoms with Gasteiger partial charge >= 0.3 is 5.97 Å². The monoisotopic (exact) mass is 262 g/mol. The van der Waals surface area contributed by atoms with Crippen LogP contribution >= 0.6 is 0 Å². The molecular formula is C13H14N2O4. The number of rotatable bonds is 6. The lowest BCUT2D eigenvalue weighted by atomic mass is 10.1. The van der Waals surface area contributed by atoms with E-state index in [9.17, 15) is 14.4 Å². The summed E-state index contributed by atoms with van der Waals surface area (Å²) in [4.78, 5) is 32.5. The number of carbonyl (C=O) groups is 3. The summed E-state index contributed by atoms with van der Waals surface area (Å²) in [6, 6.07) is 6.40. The molecule has 4 N–H and O–H groups in total. The maximum absolute atomic E-state index is 11.6. The maximum Gasteiger partial charge on any atom is 0.328 e. The van der Waals surface area contributed by atoms with Crippen LogP contribution in [-0.2, 0) is 9.59 Å². The summed E-state index contributed by atoms with van der Waals surface area (Å²) in [5.74, 6) is -1.82. The molecule has 0 aliphatic rings. The van der Waals surface area contributed by atoms with Gasteiger partial charge in [-0.3, -0.25) is 9.59 Å². The molecule has 0 saturated carbocycles. The molecule has 0 atom stereocenters. The minimum Gasteiger partial charge on any atom is -0.478 e. The molecule has 0 aliphatic heterocycles. The maximum atomic E-state index is 11.6. The van der Waals surface area contributed by atoms with E-state index in [4.69, 9.17) is 10.8 Å². The third kappa shape index (κ3) is 5.49. The van der Waals surface area contributed by atoms with Crippen molar-refractivity contribution in [1.82, 2.24) is 5.32 Å². The molecule has 0 heterocycles. The molecule has 1 aromatic rings. The fraction of sp³-hybridized carbons (Fsp3) is 0.154. The zero-order valence-corrected chi connectivity index (χ0v) is 10.1. The van der Waals surface area contributed by atoms with Gasteiger partial charge in [0.05, 0.1) is 0 Å². The first-order valence-electron chi connectivity index (χ1n) is 5.56. The average Bonchev–Trinajstić information content (AvgIpc) is 2.36. The molecule has 0 fully saturated rings. The standard InChI is InChI=1S/C13H14N2O4/c14-11(16)7-8-15-13(19)10-4-1-9(2-5-10)3-6-12(17)18/h1-6H,7-8H2,(H2,14,16)(H,15,19)(H,17,18)/b6-3+. The number of aliphatic carboxylic acids is 1. The summed E-state index contributed by atoms with van der Waals surface area (Å²) in [7, 11) is 0. The molecule has 19 heavy (non-hydrogen) atoms. The number of carboxylic acids is 1. The van der Waals surface area contributed by atoms with E-state index in [1.54, 1.807) is 24.3 Å². The second-order valence-corrected chi connectivity index (χ2v) is 3.77. The van der Waals surface area contributed by atoms with E-state index in [2.05, 4.69) is 5.32 Å². The Hall–Kier alpha value is -2.63. The Morgan fingerprint density at radius 3 is 2.37 bits per heavy atom. The van der Waals surface area contributed by atoms with Crippen molar-refractivity contribution in [1.29, 1.82) is 0 Å². The van der Waals surface area contributed by atoms with Crippen LogP contribution in [0.25, 0.3) is 6.08 Å². The van der Waals surface area contributed by atoms with Gasteiger partial charge in [0.25, 0.3) is 5.91 Å². The van der Waals surface area contributed by atoms with Crippen LogP contribution in [0.3, 0.4) is 0 Å². The fourth-order valence-corrected chi connectivity index (χ4v) is 1.31. The topological polar surface area (TPSA) is 109 Å². The Labute approximate surface area is 109 Å². The highest BCUT2D eigenvalue weighted by Gasteiger charge is 2.04. The van der Waals surface area contributed by atoms with Crippen molar-refractivity contribution in [3.63, 3.8) is 0 Å². The second kappa shape index (κ2) is 6.95. The molecule has 0 aliphatic carbocycles. The van der Waals surface area contributed by atoms with E-state index in [0.29, 0.717) is 11.1 Å². The van der Waals surface area contributed by atoms with Crippen molar-refractivity contribution >= 4 is 23.9 Å². The molecule has 0 unspecified atom stereocenters. The molecule has 0 bridgehead atoms. The van der Waals surface area contributed by atoms with Gasteiger partial charge in [-0.15, -0.1) is 0 Å². The molecule has 0 saturated heterocycles. The molecule has 1 rings (SSSR count). The molecule has 6 nitrogen and oxygen atoms in total. The van der Waals surface area contributed by atoms with Gasteiger partial charge in [-0.1, -0.05) is 12.1 Å². The van der Waals surface area contributed by atoms with Crippen molar-refractivity contribution in [2.24, 2.45) is 5.73 Å². The first kappa shape index (κ1) is 14.4. The van der Waals surface area contributed by atoms with E-state index >= 15 is 0 Å². The number of hydrogen-bond donors (Lipinski definition) is 3. The first-order chi connectivity index (χ1) is 8.99. The third-order valence-corrected chi connectivity index (χ3v) is 2.25. The smallest absolute Gasteiger partial charge is 0.328 e. The number of carboxylic acid groups (broad SMARTS) is 1. The van der Waals surface area contributed by atoms with Crippen LogP contribution in [0.15, 0.2) is 30.3 Å². The van der Waals surface area contributed by atoms with Crippen molar-refractivity contribution in [3.8, 4) is 0 Å². The number of carbonyl (C=O) groups excluding carboxylic acids is 2. The third-order valence-electron chi connectivity index (χ3n) is 2.25. The predicted octanol–water partition coefficient (Wildman–Crippen LogP) is 0.390. The van der Waals surface area contributed by atoms with Crippen LogP contribution < -0.4 is 11.1 Å². The second-order valence-electron chi connectivity index (χ2n) is 3.77. The highest BCUT2D eigenvalue weighted by Crippen LogP contribution is 2.06. The van der Waals surface area contributed by atoms with E-state index < -0.39 is 11.9 Å². The van der Waals surface area contributed by atoms with Crippen LogP contribution in [0.2, 0.25) is 0 Å². The van der Waals surface area contributed by atoms with Crippen molar-refractivity contribution in [3.05, 3.63) is 41.5 Å². The van der Waals surface area contributed by atoms with Crippen molar-refractivity contribution < 1.29 is 19.5 Å². The number of amides is 2. The van der Waals surface area contributed by atoms with Gasteiger partial charge in [0.1, 0.15) is 0 Å². The Morgan fingerprint density at radius 1 is 1.21 bits per heavy atom. The number of hydrogen-bond acceptors (Lipinski definition) is 3. The summed E-state index contributed by atoms with van der Waals surface area (Å²) in [5, 5.41) is 11.0. The van der Waals surface area contributed by atoms with Crippen molar-refractivity contribution in [2.75, 3.05) is 6.54 Å². The summed E-state index contributed by atoms with van der Waals surface area (Å²) in [5.41, 5.74) is 6.05. The SMILES string of the molecule is NC(=O)CCNC(=O)c1ccc(/C=C/C(=O)O)cc1. The number of nitrogens with two attached hydrogens (primary N) is 1. The van der Waals surface area contributed by atoms with Gasteiger partial charge in [-0.2, -0.15) is 0 Å². The van der Waals surface area contributed by atoms with Crippen LogP contribution in [0.1, 0.15) is 22.3 Å². The van der Waals surface area contributed by atoms with E-state index in [1.807, 2.05) is 0 Å².